The largest absolute Gasteiger partial charge is 0.370 e. The molecular weight excluding hydrogens is 324 g/mol. The number of carbonyl (C=O) groups is 1. The van der Waals surface area contributed by atoms with Gasteiger partial charge in [-0.1, -0.05) is 48.0 Å². The maximum atomic E-state index is 12.3. The van der Waals surface area contributed by atoms with Crippen LogP contribution in [-0.4, -0.2) is 22.4 Å². The van der Waals surface area contributed by atoms with Gasteiger partial charge in [-0.3, -0.25) is 4.79 Å². The van der Waals surface area contributed by atoms with E-state index >= 15 is 0 Å². The lowest BCUT2D eigenvalue weighted by atomic mass is 10.1. The topological polar surface area (TPSA) is 66.9 Å². The Bertz CT molecular complexity index is 847. The predicted molar refractivity (Wildman–Crippen MR) is 104 cm³/mol. The number of nitrogens with one attached hydrogen (secondary N) is 2. The summed E-state index contributed by atoms with van der Waals surface area (Å²) in [7, 11) is 0. The Morgan fingerprint density at radius 1 is 1.00 bits per heavy atom. The molecule has 3 aromatic rings. The number of rotatable bonds is 7. The van der Waals surface area contributed by atoms with Gasteiger partial charge in [0.25, 0.3) is 5.91 Å². The molecule has 26 heavy (non-hydrogen) atoms. The Labute approximate surface area is 153 Å². The van der Waals surface area contributed by atoms with Crippen LogP contribution in [0, 0.1) is 6.92 Å². The van der Waals surface area contributed by atoms with E-state index < -0.39 is 0 Å². The SMILES string of the molecule is Cc1ccc(NC(=O)c2cc(NCCCc3ccccc3)ncn2)cc1. The maximum Gasteiger partial charge on any atom is 0.274 e. The van der Waals surface area contributed by atoms with Gasteiger partial charge in [-0.15, -0.1) is 0 Å². The highest BCUT2D eigenvalue weighted by molar-refractivity contribution is 6.03. The third kappa shape index (κ3) is 5.14. The standard InChI is InChI=1S/C21H22N4O/c1-16-9-11-18(12-10-16)25-21(26)19-14-20(24-15-23-19)22-13-5-8-17-6-3-2-4-7-17/h2-4,6-7,9-12,14-15H,5,8,13H2,1H3,(H,25,26)(H,22,23,24). The van der Waals surface area contributed by atoms with Gasteiger partial charge < -0.3 is 10.6 Å². The summed E-state index contributed by atoms with van der Waals surface area (Å²) < 4.78 is 0. The Morgan fingerprint density at radius 3 is 2.54 bits per heavy atom. The minimum atomic E-state index is -0.247. The molecule has 2 N–H and O–H groups in total. The molecule has 0 aliphatic heterocycles. The van der Waals surface area contributed by atoms with Crippen LogP contribution >= 0.6 is 0 Å². The first-order valence-electron chi connectivity index (χ1n) is 8.68. The molecule has 0 unspecified atom stereocenters. The van der Waals surface area contributed by atoms with Crippen LogP contribution in [0.15, 0.2) is 67.0 Å². The van der Waals surface area contributed by atoms with Gasteiger partial charge in [0.05, 0.1) is 0 Å². The highest BCUT2D eigenvalue weighted by Gasteiger charge is 2.09. The first-order chi connectivity index (χ1) is 12.7. The average Bonchev–Trinajstić information content (AvgIpc) is 2.68. The second-order valence-electron chi connectivity index (χ2n) is 6.12. The van der Waals surface area contributed by atoms with Crippen molar-refractivity contribution >= 4 is 17.4 Å². The van der Waals surface area contributed by atoms with E-state index in [0.717, 1.165) is 30.6 Å². The van der Waals surface area contributed by atoms with Gasteiger partial charge >= 0.3 is 0 Å². The van der Waals surface area contributed by atoms with Crippen molar-refractivity contribution < 1.29 is 4.79 Å². The van der Waals surface area contributed by atoms with Crippen molar-refractivity contribution in [3.05, 3.63) is 83.8 Å². The summed E-state index contributed by atoms with van der Waals surface area (Å²) in [5.41, 5.74) is 3.55. The van der Waals surface area contributed by atoms with E-state index in [9.17, 15) is 4.79 Å². The average molecular weight is 346 g/mol. The van der Waals surface area contributed by atoms with Crippen molar-refractivity contribution in [3.63, 3.8) is 0 Å². The molecule has 0 fully saturated rings. The van der Waals surface area contributed by atoms with Crippen molar-refractivity contribution in [2.45, 2.75) is 19.8 Å². The molecule has 5 heteroatoms. The van der Waals surface area contributed by atoms with Gasteiger partial charge in [0.1, 0.15) is 17.8 Å². The molecule has 0 bridgehead atoms. The van der Waals surface area contributed by atoms with Crippen molar-refractivity contribution in [2.24, 2.45) is 0 Å². The fraction of sp³-hybridized carbons (Fsp3) is 0.190. The Kier molecular flexibility index (Phi) is 5.93. The number of anilines is 2. The van der Waals surface area contributed by atoms with Crippen molar-refractivity contribution in [3.8, 4) is 0 Å². The van der Waals surface area contributed by atoms with Gasteiger partial charge in [0, 0.05) is 18.3 Å². The number of carbonyl (C=O) groups excluding carboxylic acids is 1. The van der Waals surface area contributed by atoms with E-state index in [1.807, 2.05) is 49.4 Å². The molecule has 132 valence electrons. The predicted octanol–water partition coefficient (Wildman–Crippen LogP) is 4.08. The van der Waals surface area contributed by atoms with Gasteiger partial charge in [-0.05, 0) is 37.5 Å². The highest BCUT2D eigenvalue weighted by Crippen LogP contribution is 2.11. The van der Waals surface area contributed by atoms with Crippen molar-refractivity contribution in [1.29, 1.82) is 0 Å². The number of nitrogens with zero attached hydrogens (tertiary/aromatic N) is 2. The Balaban J connectivity index is 1.52. The first kappa shape index (κ1) is 17.6. The van der Waals surface area contributed by atoms with Gasteiger partial charge in [0.15, 0.2) is 0 Å². The van der Waals surface area contributed by atoms with Crippen LogP contribution in [0.3, 0.4) is 0 Å². The zero-order valence-electron chi connectivity index (χ0n) is 14.8. The van der Waals surface area contributed by atoms with E-state index in [4.69, 9.17) is 0 Å². The number of hydrogen-bond acceptors (Lipinski definition) is 4. The van der Waals surface area contributed by atoms with E-state index in [2.05, 4.69) is 32.7 Å². The van der Waals surface area contributed by atoms with Gasteiger partial charge in [-0.25, -0.2) is 9.97 Å². The monoisotopic (exact) mass is 346 g/mol. The second kappa shape index (κ2) is 8.76. The normalized spacial score (nSPS) is 10.3. The fourth-order valence-electron chi connectivity index (χ4n) is 2.56. The summed E-state index contributed by atoms with van der Waals surface area (Å²) in [5.74, 6) is 0.408. The molecule has 0 aliphatic rings. The molecule has 0 saturated heterocycles. The van der Waals surface area contributed by atoms with Crippen LogP contribution in [0.5, 0.6) is 0 Å². The third-order valence-electron chi connectivity index (χ3n) is 4.00. The summed E-state index contributed by atoms with van der Waals surface area (Å²) in [6.45, 7) is 2.79. The lowest BCUT2D eigenvalue weighted by molar-refractivity contribution is 0.102. The summed E-state index contributed by atoms with van der Waals surface area (Å²) in [6.07, 6.45) is 3.39. The van der Waals surface area contributed by atoms with Crippen molar-refractivity contribution in [1.82, 2.24) is 9.97 Å². The van der Waals surface area contributed by atoms with Crippen molar-refractivity contribution in [2.75, 3.05) is 17.2 Å². The van der Waals surface area contributed by atoms with Crippen LogP contribution < -0.4 is 10.6 Å². The zero-order valence-corrected chi connectivity index (χ0v) is 14.8. The number of aryl methyl sites for hydroxylation is 2. The number of benzene rings is 2. The molecule has 1 amide bonds. The van der Waals surface area contributed by atoms with Crippen LogP contribution in [0.4, 0.5) is 11.5 Å². The molecule has 5 nitrogen and oxygen atoms in total. The molecule has 1 heterocycles. The lowest BCUT2D eigenvalue weighted by Crippen LogP contribution is -2.15. The first-order valence-corrected chi connectivity index (χ1v) is 8.68. The number of hydrogen-bond donors (Lipinski definition) is 2. The molecular formula is C21H22N4O. The molecule has 2 aromatic carbocycles. The lowest BCUT2D eigenvalue weighted by Gasteiger charge is -2.08. The molecule has 0 aliphatic carbocycles. The van der Waals surface area contributed by atoms with Gasteiger partial charge in [-0.2, -0.15) is 0 Å². The maximum absolute atomic E-state index is 12.3. The summed E-state index contributed by atoms with van der Waals surface area (Å²) in [5, 5.41) is 6.09. The third-order valence-corrected chi connectivity index (χ3v) is 4.00. The van der Waals surface area contributed by atoms with Crippen LogP contribution in [0.1, 0.15) is 28.0 Å². The molecule has 3 rings (SSSR count). The molecule has 0 radical (unpaired) electrons. The second-order valence-corrected chi connectivity index (χ2v) is 6.12. The quantitative estimate of drug-likeness (QED) is 0.633. The number of amides is 1. The Morgan fingerprint density at radius 2 is 1.77 bits per heavy atom. The minimum absolute atomic E-state index is 0.247. The summed E-state index contributed by atoms with van der Waals surface area (Å²) in [6, 6.07) is 19.7. The van der Waals surface area contributed by atoms with Crippen LogP contribution in [-0.2, 0) is 6.42 Å². The molecule has 0 spiro atoms. The fourth-order valence-corrected chi connectivity index (χ4v) is 2.56. The smallest absolute Gasteiger partial charge is 0.274 e. The van der Waals surface area contributed by atoms with E-state index in [1.54, 1.807) is 6.07 Å². The molecule has 0 saturated carbocycles. The molecule has 0 atom stereocenters. The summed E-state index contributed by atoms with van der Waals surface area (Å²) in [4.78, 5) is 20.6. The van der Waals surface area contributed by atoms with Crippen LogP contribution in [0.2, 0.25) is 0 Å². The van der Waals surface area contributed by atoms with Crippen LogP contribution in [0.25, 0.3) is 0 Å². The zero-order chi connectivity index (χ0) is 18.2. The Hall–Kier alpha value is -3.21. The van der Waals surface area contributed by atoms with E-state index in [0.29, 0.717) is 11.5 Å². The summed E-state index contributed by atoms with van der Waals surface area (Å²) >= 11 is 0. The van der Waals surface area contributed by atoms with Gasteiger partial charge in [0.2, 0.25) is 0 Å². The highest BCUT2D eigenvalue weighted by atomic mass is 16.1. The minimum Gasteiger partial charge on any atom is -0.370 e. The number of aromatic nitrogens is 2. The van der Waals surface area contributed by atoms with E-state index in [-0.39, 0.29) is 5.91 Å². The molecule has 1 aromatic heterocycles. The van der Waals surface area contributed by atoms with E-state index in [1.165, 1.54) is 11.9 Å².